The fourth-order valence-corrected chi connectivity index (χ4v) is 3.23. The van der Waals surface area contributed by atoms with Crippen LogP contribution in [0.2, 0.25) is 0 Å². The van der Waals surface area contributed by atoms with Crippen LogP contribution in [0.5, 0.6) is 5.75 Å². The van der Waals surface area contributed by atoms with Gasteiger partial charge in [0.2, 0.25) is 0 Å². The Hall–Kier alpha value is -2.10. The minimum Gasteiger partial charge on any atom is -0.494 e. The van der Waals surface area contributed by atoms with E-state index in [4.69, 9.17) is 9.73 Å². The van der Waals surface area contributed by atoms with Crippen LogP contribution in [0.3, 0.4) is 0 Å². The molecule has 1 aromatic heterocycles. The molecule has 1 aliphatic rings. The summed E-state index contributed by atoms with van der Waals surface area (Å²) in [6, 6.07) is 12.2. The summed E-state index contributed by atoms with van der Waals surface area (Å²) in [6.45, 7) is 8.05. The van der Waals surface area contributed by atoms with Crippen LogP contribution < -0.4 is 15.0 Å². The van der Waals surface area contributed by atoms with Crippen LogP contribution in [-0.4, -0.2) is 61.7 Å². The molecule has 0 atom stereocenters. The van der Waals surface area contributed by atoms with Crippen LogP contribution in [0.25, 0.3) is 0 Å². The van der Waals surface area contributed by atoms with Gasteiger partial charge in [-0.3, -0.25) is 4.99 Å². The molecule has 0 radical (unpaired) electrons. The second kappa shape index (κ2) is 13.3. The van der Waals surface area contributed by atoms with Crippen molar-refractivity contribution in [2.45, 2.75) is 19.8 Å². The van der Waals surface area contributed by atoms with E-state index in [1.807, 2.05) is 18.3 Å². The standard InChI is InChI=1S/C22H30FN5O.HI/c1-2-24-22(26-13-5-6-18-29-20-10-8-19(23)9-11-20)28-16-14-27(15-17-28)21-7-3-4-12-25-21;/h3-4,7-12H,2,5-6,13-18H2,1H3,(H,24,26);1H. The highest BCUT2D eigenvalue weighted by Crippen LogP contribution is 2.13. The van der Waals surface area contributed by atoms with Gasteiger partial charge in [0.05, 0.1) is 6.61 Å². The van der Waals surface area contributed by atoms with E-state index in [-0.39, 0.29) is 29.8 Å². The number of rotatable bonds is 8. The number of aliphatic imine (C=N–C) groups is 1. The van der Waals surface area contributed by atoms with Crippen molar-refractivity contribution in [2.75, 3.05) is 50.8 Å². The monoisotopic (exact) mass is 527 g/mol. The van der Waals surface area contributed by atoms with E-state index < -0.39 is 0 Å². The second-order valence-electron chi connectivity index (χ2n) is 6.91. The molecular weight excluding hydrogens is 496 g/mol. The molecule has 0 saturated carbocycles. The fourth-order valence-electron chi connectivity index (χ4n) is 3.23. The third kappa shape index (κ3) is 7.62. The van der Waals surface area contributed by atoms with Gasteiger partial charge in [-0.2, -0.15) is 0 Å². The van der Waals surface area contributed by atoms with Gasteiger partial charge in [-0.15, -0.1) is 24.0 Å². The molecule has 0 bridgehead atoms. The SMILES string of the molecule is CCNC(=NCCCCOc1ccc(F)cc1)N1CCN(c2ccccn2)CC1.I. The molecule has 8 heteroatoms. The van der Waals surface area contributed by atoms with E-state index in [0.717, 1.165) is 63.9 Å². The Bertz CT molecular complexity index is 752. The number of benzene rings is 1. The topological polar surface area (TPSA) is 53.0 Å². The summed E-state index contributed by atoms with van der Waals surface area (Å²) in [6.07, 6.45) is 3.70. The molecule has 1 aromatic carbocycles. The molecule has 1 aliphatic heterocycles. The first kappa shape index (κ1) is 24.2. The maximum atomic E-state index is 12.9. The lowest BCUT2D eigenvalue weighted by molar-refractivity contribution is 0.307. The Kier molecular flexibility index (Phi) is 10.7. The molecule has 1 saturated heterocycles. The summed E-state index contributed by atoms with van der Waals surface area (Å²) < 4.78 is 18.5. The van der Waals surface area contributed by atoms with E-state index in [1.54, 1.807) is 12.1 Å². The van der Waals surface area contributed by atoms with Gasteiger partial charge in [0, 0.05) is 45.5 Å². The van der Waals surface area contributed by atoms with Gasteiger partial charge in [0.15, 0.2) is 5.96 Å². The lowest BCUT2D eigenvalue weighted by Crippen LogP contribution is -2.52. The smallest absolute Gasteiger partial charge is 0.194 e. The van der Waals surface area contributed by atoms with Crippen LogP contribution >= 0.6 is 24.0 Å². The van der Waals surface area contributed by atoms with E-state index in [1.165, 1.54) is 12.1 Å². The maximum Gasteiger partial charge on any atom is 0.194 e. The zero-order valence-corrected chi connectivity index (χ0v) is 19.8. The van der Waals surface area contributed by atoms with Crippen molar-refractivity contribution in [3.63, 3.8) is 0 Å². The van der Waals surface area contributed by atoms with Gasteiger partial charge in [0.1, 0.15) is 17.4 Å². The van der Waals surface area contributed by atoms with E-state index in [0.29, 0.717) is 12.4 Å². The predicted octanol–water partition coefficient (Wildman–Crippen LogP) is 3.79. The number of unbranched alkanes of at least 4 members (excludes halogenated alkanes) is 1. The van der Waals surface area contributed by atoms with Gasteiger partial charge in [-0.1, -0.05) is 6.07 Å². The largest absolute Gasteiger partial charge is 0.494 e. The minimum atomic E-state index is -0.247. The zero-order valence-electron chi connectivity index (χ0n) is 17.5. The second-order valence-corrected chi connectivity index (χ2v) is 6.91. The van der Waals surface area contributed by atoms with Crippen molar-refractivity contribution in [3.8, 4) is 5.75 Å². The average Bonchev–Trinajstić information content (AvgIpc) is 2.77. The van der Waals surface area contributed by atoms with E-state index in [9.17, 15) is 4.39 Å². The Morgan fingerprint density at radius 2 is 1.87 bits per heavy atom. The normalized spacial score (nSPS) is 14.3. The lowest BCUT2D eigenvalue weighted by Gasteiger charge is -2.37. The van der Waals surface area contributed by atoms with Crippen molar-refractivity contribution in [1.29, 1.82) is 0 Å². The number of aromatic nitrogens is 1. The third-order valence-electron chi connectivity index (χ3n) is 4.78. The molecule has 1 fully saturated rings. The molecular formula is C22H31FIN5O. The van der Waals surface area contributed by atoms with Crippen LogP contribution in [0.4, 0.5) is 10.2 Å². The van der Waals surface area contributed by atoms with E-state index >= 15 is 0 Å². The Morgan fingerprint density at radius 3 is 2.53 bits per heavy atom. The van der Waals surface area contributed by atoms with Gasteiger partial charge in [0.25, 0.3) is 0 Å². The molecule has 1 N–H and O–H groups in total. The van der Waals surface area contributed by atoms with Crippen LogP contribution in [0, 0.1) is 5.82 Å². The van der Waals surface area contributed by atoms with Crippen molar-refractivity contribution >= 4 is 35.8 Å². The van der Waals surface area contributed by atoms with Crippen molar-refractivity contribution < 1.29 is 9.13 Å². The molecule has 2 aromatic rings. The third-order valence-corrected chi connectivity index (χ3v) is 4.78. The Balaban J connectivity index is 0.00000320. The summed E-state index contributed by atoms with van der Waals surface area (Å²) in [5, 5.41) is 3.40. The summed E-state index contributed by atoms with van der Waals surface area (Å²) in [7, 11) is 0. The Labute approximate surface area is 195 Å². The van der Waals surface area contributed by atoms with E-state index in [2.05, 4.69) is 33.1 Å². The molecule has 2 heterocycles. The number of hydrogen-bond donors (Lipinski definition) is 1. The molecule has 30 heavy (non-hydrogen) atoms. The molecule has 164 valence electrons. The summed E-state index contributed by atoms with van der Waals surface area (Å²) in [4.78, 5) is 13.9. The van der Waals surface area contributed by atoms with Gasteiger partial charge in [-0.05, 0) is 56.2 Å². The molecule has 6 nitrogen and oxygen atoms in total. The predicted molar refractivity (Wildman–Crippen MR) is 131 cm³/mol. The maximum absolute atomic E-state index is 12.9. The number of ether oxygens (including phenoxy) is 1. The highest BCUT2D eigenvalue weighted by Gasteiger charge is 2.20. The molecule has 0 aliphatic carbocycles. The van der Waals surface area contributed by atoms with Gasteiger partial charge >= 0.3 is 0 Å². The number of halogens is 2. The average molecular weight is 527 g/mol. The quantitative estimate of drug-likeness (QED) is 0.245. The van der Waals surface area contributed by atoms with Crippen molar-refractivity contribution in [2.24, 2.45) is 4.99 Å². The van der Waals surface area contributed by atoms with Crippen molar-refractivity contribution in [3.05, 3.63) is 54.5 Å². The molecule has 0 spiro atoms. The summed E-state index contributed by atoms with van der Waals surface area (Å²) >= 11 is 0. The van der Waals surface area contributed by atoms with Crippen LogP contribution in [0.15, 0.2) is 53.7 Å². The molecule has 0 unspecified atom stereocenters. The highest BCUT2D eigenvalue weighted by atomic mass is 127. The number of nitrogens with zero attached hydrogens (tertiary/aromatic N) is 4. The van der Waals surface area contributed by atoms with Crippen molar-refractivity contribution in [1.82, 2.24) is 15.2 Å². The summed E-state index contributed by atoms with van der Waals surface area (Å²) in [5.41, 5.74) is 0. The number of guanidine groups is 1. The van der Waals surface area contributed by atoms with Gasteiger partial charge in [-0.25, -0.2) is 9.37 Å². The fraction of sp³-hybridized carbons (Fsp3) is 0.455. The number of pyridine rings is 1. The number of hydrogen-bond acceptors (Lipinski definition) is 4. The Morgan fingerprint density at radius 1 is 1.10 bits per heavy atom. The first-order valence-electron chi connectivity index (χ1n) is 10.3. The van der Waals surface area contributed by atoms with Crippen LogP contribution in [-0.2, 0) is 0 Å². The minimum absolute atomic E-state index is 0. The summed E-state index contributed by atoms with van der Waals surface area (Å²) in [5.74, 6) is 2.47. The number of anilines is 1. The molecule has 3 rings (SSSR count). The number of nitrogens with one attached hydrogen (secondary N) is 1. The first-order chi connectivity index (χ1) is 14.3. The van der Waals surface area contributed by atoms with Gasteiger partial charge < -0.3 is 19.9 Å². The first-order valence-corrected chi connectivity index (χ1v) is 10.3. The van der Waals surface area contributed by atoms with Crippen LogP contribution in [0.1, 0.15) is 19.8 Å². The molecule has 0 amide bonds. The highest BCUT2D eigenvalue weighted by molar-refractivity contribution is 14.0. The number of piperazine rings is 1. The lowest BCUT2D eigenvalue weighted by atomic mass is 10.3. The zero-order chi connectivity index (χ0) is 20.3.